The van der Waals surface area contributed by atoms with E-state index in [2.05, 4.69) is 31.9 Å². The lowest BCUT2D eigenvalue weighted by molar-refractivity contribution is 0.0474. The Kier molecular flexibility index (Phi) is 9.99. The lowest BCUT2D eigenvalue weighted by Gasteiger charge is -2.32. The van der Waals surface area contributed by atoms with Gasteiger partial charge in [-0.05, 0) is 45.1 Å². The van der Waals surface area contributed by atoms with Gasteiger partial charge in [-0.3, -0.25) is 0 Å². The van der Waals surface area contributed by atoms with E-state index >= 15 is 0 Å². The monoisotopic (exact) mass is 428 g/mol. The molecular formula is C22H44N2O4Si. The number of hydrogen-bond donors (Lipinski definition) is 1. The van der Waals surface area contributed by atoms with Gasteiger partial charge in [-0.1, -0.05) is 52.2 Å². The Labute approximate surface area is 179 Å². The zero-order valence-electron chi connectivity index (χ0n) is 20.0. The van der Waals surface area contributed by atoms with Crippen LogP contribution in [0.1, 0.15) is 59.8 Å². The number of hydrogen-bond acceptors (Lipinski definition) is 4. The number of amides is 2. The van der Waals surface area contributed by atoms with E-state index in [0.29, 0.717) is 19.1 Å². The van der Waals surface area contributed by atoms with Gasteiger partial charge in [0.1, 0.15) is 5.60 Å². The normalized spacial score (nSPS) is 21.2. The Morgan fingerprint density at radius 2 is 1.72 bits per heavy atom. The molecule has 7 heteroatoms. The molecule has 6 nitrogen and oxygen atoms in total. The third-order valence-electron chi connectivity index (χ3n) is 5.36. The molecule has 0 radical (unpaired) electrons. The molecule has 0 aliphatic heterocycles. The Hall–Kier alpha value is -1.24. The predicted octanol–water partition coefficient (Wildman–Crippen LogP) is 5.50. The Balaban J connectivity index is 2.63. The summed E-state index contributed by atoms with van der Waals surface area (Å²) in [7, 11) is 0.500. The smallest absolute Gasteiger partial charge is 0.409 e. The van der Waals surface area contributed by atoms with Gasteiger partial charge in [0, 0.05) is 21.7 Å². The highest BCUT2D eigenvalue weighted by Gasteiger charge is 2.27. The fourth-order valence-corrected chi connectivity index (χ4v) is 4.29. The van der Waals surface area contributed by atoms with Gasteiger partial charge in [-0.2, -0.15) is 0 Å². The molecule has 1 aliphatic rings. The van der Waals surface area contributed by atoms with Crippen molar-refractivity contribution in [3.8, 4) is 0 Å². The average Bonchev–Trinajstić information content (AvgIpc) is 2.53. The summed E-state index contributed by atoms with van der Waals surface area (Å²) in [6, 6.07) is 0.810. The molecule has 170 valence electrons. The molecule has 29 heavy (non-hydrogen) atoms. The molecule has 0 aromatic rings. The maximum Gasteiger partial charge on any atom is 0.409 e. The first-order valence-corrected chi connectivity index (χ1v) is 14.8. The van der Waals surface area contributed by atoms with Gasteiger partial charge in [-0.15, -0.1) is 0 Å². The molecule has 1 rings (SSSR count). The van der Waals surface area contributed by atoms with Gasteiger partial charge >= 0.3 is 12.2 Å². The lowest BCUT2D eigenvalue weighted by atomic mass is 9.80. The van der Waals surface area contributed by atoms with E-state index in [9.17, 15) is 9.59 Å². The van der Waals surface area contributed by atoms with E-state index in [1.807, 2.05) is 20.8 Å². The van der Waals surface area contributed by atoms with Gasteiger partial charge in [0.2, 0.25) is 0 Å². The maximum atomic E-state index is 12.4. The molecule has 1 fully saturated rings. The number of likely N-dealkylation sites (N-methyl/N-ethyl adjacent to an activating group) is 1. The highest BCUT2D eigenvalue weighted by Crippen LogP contribution is 2.31. The number of nitrogens with one attached hydrogen (secondary N) is 1. The van der Waals surface area contributed by atoms with E-state index in [0.717, 1.165) is 18.4 Å². The van der Waals surface area contributed by atoms with Gasteiger partial charge in [0.25, 0.3) is 0 Å². The molecule has 0 bridgehead atoms. The lowest BCUT2D eigenvalue weighted by Crippen LogP contribution is -2.47. The first-order valence-electron chi connectivity index (χ1n) is 11.1. The third kappa shape index (κ3) is 12.1. The van der Waals surface area contributed by atoms with Crippen molar-refractivity contribution in [1.82, 2.24) is 10.2 Å². The van der Waals surface area contributed by atoms with Gasteiger partial charge in [-0.25, -0.2) is 9.59 Å². The summed E-state index contributed by atoms with van der Waals surface area (Å²) in [5.41, 5.74) is -0.545. The van der Waals surface area contributed by atoms with Crippen molar-refractivity contribution in [3.63, 3.8) is 0 Å². The van der Waals surface area contributed by atoms with Crippen LogP contribution >= 0.6 is 0 Å². The number of rotatable bonds is 8. The molecule has 1 saturated carbocycles. The zero-order valence-corrected chi connectivity index (χ0v) is 21.0. The van der Waals surface area contributed by atoms with Crippen LogP contribution in [0.25, 0.3) is 0 Å². The molecule has 0 heterocycles. The largest absolute Gasteiger partial charge is 0.450 e. The molecule has 1 aliphatic carbocycles. The van der Waals surface area contributed by atoms with Crippen molar-refractivity contribution in [3.05, 3.63) is 0 Å². The standard InChI is InChI=1S/C22H44N2O4Si/c1-17-9-11-18(12-10-17)15-19(23-20(25)28-22(2,3)4)16-24(5)21(26)27-13-14-29(6,7)8/h17-19H,9-16H2,1-8H3,(H,23,25)/t17?,18?,19-/m0/s1. The van der Waals surface area contributed by atoms with Crippen molar-refractivity contribution in [2.24, 2.45) is 11.8 Å². The van der Waals surface area contributed by atoms with E-state index in [-0.39, 0.29) is 12.1 Å². The maximum absolute atomic E-state index is 12.4. The van der Waals surface area contributed by atoms with Crippen molar-refractivity contribution in [2.45, 2.75) is 97.1 Å². The summed E-state index contributed by atoms with van der Waals surface area (Å²) < 4.78 is 10.9. The van der Waals surface area contributed by atoms with Crippen LogP contribution in [-0.4, -0.2) is 57.0 Å². The predicted molar refractivity (Wildman–Crippen MR) is 121 cm³/mol. The quantitative estimate of drug-likeness (QED) is 0.518. The summed E-state index contributed by atoms with van der Waals surface area (Å²) in [5, 5.41) is 2.99. The minimum atomic E-state index is -1.24. The average molecular weight is 429 g/mol. The third-order valence-corrected chi connectivity index (χ3v) is 7.06. The molecule has 0 aromatic heterocycles. The van der Waals surface area contributed by atoms with Crippen LogP contribution in [0, 0.1) is 11.8 Å². The van der Waals surface area contributed by atoms with Crippen molar-refractivity contribution >= 4 is 20.3 Å². The summed E-state index contributed by atoms with van der Waals surface area (Å²) in [6.45, 7) is 15.5. The van der Waals surface area contributed by atoms with Crippen LogP contribution in [0.2, 0.25) is 25.7 Å². The minimum absolute atomic E-state index is 0.141. The second-order valence-electron chi connectivity index (χ2n) is 11.0. The molecular weight excluding hydrogens is 384 g/mol. The first kappa shape index (κ1) is 25.8. The number of alkyl carbamates (subject to hydrolysis) is 1. The van der Waals surface area contributed by atoms with Crippen LogP contribution in [0.3, 0.4) is 0 Å². The second kappa shape index (κ2) is 11.2. The van der Waals surface area contributed by atoms with E-state index in [4.69, 9.17) is 9.47 Å². The van der Waals surface area contributed by atoms with Crippen LogP contribution in [0.4, 0.5) is 9.59 Å². The van der Waals surface area contributed by atoms with Crippen LogP contribution in [0.5, 0.6) is 0 Å². The zero-order chi connectivity index (χ0) is 22.2. The summed E-state index contributed by atoms with van der Waals surface area (Å²) in [6.07, 6.45) is 4.94. The summed E-state index contributed by atoms with van der Waals surface area (Å²) in [5.74, 6) is 1.36. The first-order chi connectivity index (χ1) is 13.2. The van der Waals surface area contributed by atoms with Gasteiger partial charge in [0.15, 0.2) is 0 Å². The van der Waals surface area contributed by atoms with Gasteiger partial charge < -0.3 is 19.7 Å². The number of carbonyl (C=O) groups excluding carboxylic acids is 2. The highest BCUT2D eigenvalue weighted by molar-refractivity contribution is 6.76. The Morgan fingerprint density at radius 3 is 2.24 bits per heavy atom. The van der Waals surface area contributed by atoms with Crippen LogP contribution in [0.15, 0.2) is 0 Å². The summed E-state index contributed by atoms with van der Waals surface area (Å²) in [4.78, 5) is 26.3. The van der Waals surface area contributed by atoms with E-state index in [1.165, 1.54) is 25.7 Å². The van der Waals surface area contributed by atoms with Crippen molar-refractivity contribution in [1.29, 1.82) is 0 Å². The SMILES string of the molecule is CC1CCC(C[C@@H](CN(C)C(=O)OCC[Si](C)(C)C)NC(=O)OC(C)(C)C)CC1. The fourth-order valence-electron chi connectivity index (χ4n) is 3.58. The molecule has 1 N–H and O–H groups in total. The highest BCUT2D eigenvalue weighted by atomic mass is 28.3. The second-order valence-corrected chi connectivity index (χ2v) is 16.6. The van der Waals surface area contributed by atoms with E-state index in [1.54, 1.807) is 11.9 Å². The van der Waals surface area contributed by atoms with E-state index < -0.39 is 19.8 Å². The van der Waals surface area contributed by atoms with Crippen LogP contribution in [-0.2, 0) is 9.47 Å². The summed E-state index contributed by atoms with van der Waals surface area (Å²) >= 11 is 0. The molecule has 1 atom stereocenters. The molecule has 0 spiro atoms. The topological polar surface area (TPSA) is 67.9 Å². The van der Waals surface area contributed by atoms with Gasteiger partial charge in [0.05, 0.1) is 12.6 Å². The minimum Gasteiger partial charge on any atom is -0.450 e. The fraction of sp³-hybridized carbons (Fsp3) is 0.909. The Bertz CT molecular complexity index is 520. The molecule has 0 unspecified atom stereocenters. The number of ether oxygens (including phenoxy) is 2. The molecule has 0 aromatic carbocycles. The molecule has 0 saturated heterocycles. The molecule has 2 amide bonds. The van der Waals surface area contributed by atoms with Crippen LogP contribution < -0.4 is 5.32 Å². The Morgan fingerprint density at radius 1 is 1.14 bits per heavy atom. The van der Waals surface area contributed by atoms with Crippen molar-refractivity contribution in [2.75, 3.05) is 20.2 Å². The number of nitrogens with zero attached hydrogens (tertiary/aromatic N) is 1. The van der Waals surface area contributed by atoms with Crippen molar-refractivity contribution < 1.29 is 19.1 Å². The number of carbonyl (C=O) groups is 2.